The molecule has 9 heteroatoms. The summed E-state index contributed by atoms with van der Waals surface area (Å²) in [6, 6.07) is 5.33. The number of hydrogen-bond acceptors (Lipinski definition) is 5. The molecule has 0 spiro atoms. The van der Waals surface area contributed by atoms with Gasteiger partial charge in [0.1, 0.15) is 0 Å². The number of hydrogen-bond donors (Lipinski definition) is 0. The summed E-state index contributed by atoms with van der Waals surface area (Å²) in [6.45, 7) is 2.98. The number of carbonyl (C=O) groups is 1. The third kappa shape index (κ3) is 4.55. The second kappa shape index (κ2) is 8.39. The number of sulfonamides is 1. The number of amides is 1. The molecule has 25 heavy (non-hydrogen) atoms. The number of rotatable bonds is 7. The number of nitro groups is 1. The van der Waals surface area contributed by atoms with Crippen molar-refractivity contribution in [1.29, 1.82) is 0 Å². The number of piperazine rings is 1. The van der Waals surface area contributed by atoms with E-state index >= 15 is 0 Å². The number of nitrogens with zero attached hydrogens (tertiary/aromatic N) is 3. The molecular weight excluding hydrogens is 346 g/mol. The third-order valence-electron chi connectivity index (χ3n) is 4.27. The molecule has 1 aromatic rings. The topological polar surface area (TPSA) is 101 Å². The monoisotopic (exact) mass is 369 g/mol. The first-order valence-electron chi connectivity index (χ1n) is 8.39. The molecule has 1 aliphatic rings. The number of nitro benzene ring substituents is 1. The fraction of sp³-hybridized carbons (Fsp3) is 0.562. The van der Waals surface area contributed by atoms with E-state index in [4.69, 9.17) is 0 Å². The minimum Gasteiger partial charge on any atom is -0.340 e. The predicted molar refractivity (Wildman–Crippen MR) is 92.6 cm³/mol. The van der Waals surface area contributed by atoms with Crippen molar-refractivity contribution in [3.8, 4) is 0 Å². The van der Waals surface area contributed by atoms with Crippen molar-refractivity contribution >= 4 is 21.6 Å². The SMILES string of the molecule is CCCCCC(=O)N1CCN(S(=O)(=O)c2ccccc2[N+](=O)[O-])CC1. The number of unbranched alkanes of at least 4 members (excludes halogenated alkanes) is 2. The highest BCUT2D eigenvalue weighted by molar-refractivity contribution is 7.89. The van der Waals surface area contributed by atoms with Gasteiger partial charge in [-0.15, -0.1) is 0 Å². The molecule has 8 nitrogen and oxygen atoms in total. The van der Waals surface area contributed by atoms with Crippen molar-refractivity contribution in [3.05, 3.63) is 34.4 Å². The van der Waals surface area contributed by atoms with Gasteiger partial charge in [-0.3, -0.25) is 14.9 Å². The lowest BCUT2D eigenvalue weighted by Crippen LogP contribution is -2.50. The lowest BCUT2D eigenvalue weighted by Gasteiger charge is -2.34. The van der Waals surface area contributed by atoms with Gasteiger partial charge in [-0.1, -0.05) is 31.9 Å². The molecule has 0 aromatic heterocycles. The maximum absolute atomic E-state index is 12.7. The van der Waals surface area contributed by atoms with Gasteiger partial charge in [0, 0.05) is 38.7 Å². The second-order valence-corrected chi connectivity index (χ2v) is 7.87. The van der Waals surface area contributed by atoms with Crippen molar-refractivity contribution < 1.29 is 18.1 Å². The van der Waals surface area contributed by atoms with Gasteiger partial charge in [0.15, 0.2) is 4.90 Å². The Bertz CT molecular complexity index is 727. The molecule has 1 fully saturated rings. The van der Waals surface area contributed by atoms with E-state index < -0.39 is 20.6 Å². The van der Waals surface area contributed by atoms with Crippen molar-refractivity contribution in [1.82, 2.24) is 9.21 Å². The van der Waals surface area contributed by atoms with Crippen molar-refractivity contribution in [2.24, 2.45) is 0 Å². The van der Waals surface area contributed by atoms with E-state index in [9.17, 15) is 23.3 Å². The highest BCUT2D eigenvalue weighted by Crippen LogP contribution is 2.27. The molecule has 0 saturated carbocycles. The Morgan fingerprint density at radius 2 is 1.80 bits per heavy atom. The first-order valence-corrected chi connectivity index (χ1v) is 9.83. The smallest absolute Gasteiger partial charge is 0.289 e. The van der Waals surface area contributed by atoms with Crippen molar-refractivity contribution in [3.63, 3.8) is 0 Å². The summed E-state index contributed by atoms with van der Waals surface area (Å²) in [7, 11) is -3.95. The van der Waals surface area contributed by atoms with E-state index in [2.05, 4.69) is 6.92 Å². The Morgan fingerprint density at radius 1 is 1.16 bits per heavy atom. The van der Waals surface area contributed by atoms with E-state index in [1.165, 1.54) is 28.6 Å². The van der Waals surface area contributed by atoms with Gasteiger partial charge in [-0.25, -0.2) is 8.42 Å². The zero-order valence-corrected chi connectivity index (χ0v) is 15.1. The molecule has 0 N–H and O–H groups in total. The van der Waals surface area contributed by atoms with Crippen LogP contribution >= 0.6 is 0 Å². The molecule has 0 aliphatic carbocycles. The van der Waals surface area contributed by atoms with Crippen LogP contribution < -0.4 is 0 Å². The first-order chi connectivity index (χ1) is 11.9. The van der Waals surface area contributed by atoms with Crippen molar-refractivity contribution in [2.45, 2.75) is 37.5 Å². The minimum absolute atomic E-state index is 0.0381. The third-order valence-corrected chi connectivity index (χ3v) is 6.21. The minimum atomic E-state index is -3.95. The number of para-hydroxylation sites is 1. The average molecular weight is 369 g/mol. The standard InChI is InChI=1S/C16H23N3O5S/c1-2-3-4-9-16(20)17-10-12-18(13-11-17)25(23,24)15-8-6-5-7-14(15)19(21)22/h5-8H,2-4,9-13H2,1H3. The normalized spacial score (nSPS) is 16.0. The van der Waals surface area contributed by atoms with E-state index in [0.717, 1.165) is 19.3 Å². The Labute approximate surface area is 147 Å². The summed E-state index contributed by atoms with van der Waals surface area (Å²) >= 11 is 0. The number of benzene rings is 1. The second-order valence-electron chi connectivity index (χ2n) is 5.97. The van der Waals surface area contributed by atoms with Crippen LogP contribution in [0.5, 0.6) is 0 Å². The summed E-state index contributed by atoms with van der Waals surface area (Å²) in [6.07, 6.45) is 3.35. The van der Waals surface area contributed by atoms with Crippen LogP contribution in [0.15, 0.2) is 29.2 Å². The highest BCUT2D eigenvalue weighted by atomic mass is 32.2. The van der Waals surface area contributed by atoms with Gasteiger partial charge in [0.05, 0.1) is 4.92 Å². The largest absolute Gasteiger partial charge is 0.340 e. The maximum atomic E-state index is 12.7. The molecule has 138 valence electrons. The van der Waals surface area contributed by atoms with Crippen LogP contribution in [-0.2, 0) is 14.8 Å². The lowest BCUT2D eigenvalue weighted by molar-refractivity contribution is -0.387. The predicted octanol–water partition coefficient (Wildman–Crippen LogP) is 2.01. The zero-order valence-electron chi connectivity index (χ0n) is 14.3. The van der Waals surface area contributed by atoms with E-state index in [-0.39, 0.29) is 23.9 Å². The summed E-state index contributed by atoms with van der Waals surface area (Å²) in [5, 5.41) is 11.1. The maximum Gasteiger partial charge on any atom is 0.289 e. The van der Waals surface area contributed by atoms with Crippen LogP contribution in [0.2, 0.25) is 0 Å². The Kier molecular flexibility index (Phi) is 6.49. The van der Waals surface area contributed by atoms with Gasteiger partial charge in [-0.2, -0.15) is 4.31 Å². The fourth-order valence-electron chi connectivity index (χ4n) is 2.83. The van der Waals surface area contributed by atoms with E-state index in [1.807, 2.05) is 0 Å². The Balaban J connectivity index is 2.05. The molecule has 0 bridgehead atoms. The molecule has 1 aliphatic heterocycles. The van der Waals surface area contributed by atoms with Crippen molar-refractivity contribution in [2.75, 3.05) is 26.2 Å². The van der Waals surface area contributed by atoms with Crippen LogP contribution in [-0.4, -0.2) is 54.6 Å². The molecule has 2 rings (SSSR count). The van der Waals surface area contributed by atoms with Crippen LogP contribution in [0.1, 0.15) is 32.6 Å². The molecule has 1 amide bonds. The summed E-state index contributed by atoms with van der Waals surface area (Å²) in [5.41, 5.74) is -0.430. The molecule has 0 radical (unpaired) electrons. The number of carbonyl (C=O) groups excluding carboxylic acids is 1. The molecule has 0 unspecified atom stereocenters. The average Bonchev–Trinajstić information content (AvgIpc) is 2.62. The molecule has 1 saturated heterocycles. The van der Waals surface area contributed by atoms with Gasteiger partial charge in [-0.05, 0) is 12.5 Å². The molecule has 1 aromatic carbocycles. The first kappa shape index (κ1) is 19.3. The van der Waals surface area contributed by atoms with Gasteiger partial charge in [0.25, 0.3) is 5.69 Å². The van der Waals surface area contributed by atoms with Gasteiger partial charge in [0.2, 0.25) is 15.9 Å². The molecule has 1 heterocycles. The Morgan fingerprint density at radius 3 is 2.40 bits per heavy atom. The molecular formula is C16H23N3O5S. The summed E-state index contributed by atoms with van der Waals surface area (Å²) in [5.74, 6) is 0.0381. The Hall–Kier alpha value is -2.00. The van der Waals surface area contributed by atoms with Gasteiger partial charge < -0.3 is 4.90 Å². The van der Waals surface area contributed by atoms with Crippen LogP contribution in [0.3, 0.4) is 0 Å². The summed E-state index contributed by atoms with van der Waals surface area (Å²) < 4.78 is 26.6. The van der Waals surface area contributed by atoms with Crippen LogP contribution in [0.4, 0.5) is 5.69 Å². The van der Waals surface area contributed by atoms with E-state index in [0.29, 0.717) is 19.5 Å². The van der Waals surface area contributed by atoms with E-state index in [1.54, 1.807) is 4.90 Å². The molecule has 0 atom stereocenters. The van der Waals surface area contributed by atoms with Crippen LogP contribution in [0, 0.1) is 10.1 Å². The quantitative estimate of drug-likeness (QED) is 0.416. The zero-order chi connectivity index (χ0) is 18.4. The fourth-order valence-corrected chi connectivity index (χ4v) is 4.41. The highest BCUT2D eigenvalue weighted by Gasteiger charge is 2.34. The van der Waals surface area contributed by atoms with Crippen LogP contribution in [0.25, 0.3) is 0 Å². The summed E-state index contributed by atoms with van der Waals surface area (Å²) in [4.78, 5) is 23.9. The van der Waals surface area contributed by atoms with Gasteiger partial charge >= 0.3 is 0 Å². The lowest BCUT2D eigenvalue weighted by atomic mass is 10.2.